The third-order valence-electron chi connectivity index (χ3n) is 5.85. The van der Waals surface area contributed by atoms with Gasteiger partial charge in [-0.3, -0.25) is 4.90 Å². The van der Waals surface area contributed by atoms with Crippen LogP contribution >= 0.6 is 11.3 Å². The SMILES string of the molecule is CCOCc1cc2c(s1)CN(CCc1cc3ccc(-c4noc(C)n4)cc3c(N)n1)CC2. The summed E-state index contributed by atoms with van der Waals surface area (Å²) >= 11 is 1.89. The Labute approximate surface area is 191 Å². The van der Waals surface area contributed by atoms with Crippen LogP contribution in [0.4, 0.5) is 5.82 Å². The average Bonchev–Trinajstić information content (AvgIpc) is 3.41. The molecule has 0 aliphatic carbocycles. The fraction of sp³-hybridized carbons (Fsp3) is 0.375. The van der Waals surface area contributed by atoms with E-state index in [0.717, 1.165) is 67.7 Å². The number of fused-ring (bicyclic) bond motifs is 2. The van der Waals surface area contributed by atoms with Crippen LogP contribution in [0.3, 0.4) is 0 Å². The number of nitrogen functional groups attached to an aromatic ring is 1. The Kier molecular flexibility index (Phi) is 5.91. The molecule has 0 atom stereocenters. The number of hydrogen-bond acceptors (Lipinski definition) is 8. The third-order valence-corrected chi connectivity index (χ3v) is 6.98. The molecule has 1 aliphatic rings. The van der Waals surface area contributed by atoms with E-state index in [9.17, 15) is 0 Å². The number of thiophene rings is 1. The number of nitrogens with zero attached hydrogens (tertiary/aromatic N) is 4. The Hall–Kier alpha value is -2.81. The predicted molar refractivity (Wildman–Crippen MR) is 127 cm³/mol. The molecule has 0 spiro atoms. The summed E-state index contributed by atoms with van der Waals surface area (Å²) in [6.07, 6.45) is 1.97. The highest BCUT2D eigenvalue weighted by atomic mass is 32.1. The molecule has 166 valence electrons. The molecule has 0 unspecified atom stereocenters. The maximum atomic E-state index is 6.32. The summed E-state index contributed by atoms with van der Waals surface area (Å²) in [6.45, 7) is 8.35. The first kappa shape index (κ1) is 21.1. The summed E-state index contributed by atoms with van der Waals surface area (Å²) in [6, 6.07) is 10.5. The van der Waals surface area contributed by atoms with Crippen LogP contribution in [0, 0.1) is 6.92 Å². The van der Waals surface area contributed by atoms with E-state index in [4.69, 9.17) is 15.0 Å². The van der Waals surface area contributed by atoms with Crippen molar-refractivity contribution in [3.8, 4) is 11.4 Å². The third kappa shape index (κ3) is 4.39. The number of benzene rings is 1. The van der Waals surface area contributed by atoms with Gasteiger partial charge in [0.1, 0.15) is 5.82 Å². The standard InChI is InChI=1S/C24H27N5O2S/c1-3-30-14-20-11-17-6-8-29(13-22(17)32-20)9-7-19-10-16-4-5-18(12-21(16)23(25)27-19)24-26-15(2)31-28-24/h4-5,10-12H,3,6-9,13-14H2,1-2H3,(H2,25,27). The molecule has 0 saturated carbocycles. The van der Waals surface area contributed by atoms with Gasteiger partial charge in [-0.1, -0.05) is 17.3 Å². The largest absolute Gasteiger partial charge is 0.383 e. The number of ether oxygens (including phenoxy) is 1. The van der Waals surface area contributed by atoms with Gasteiger partial charge in [-0.2, -0.15) is 4.98 Å². The normalized spacial score (nSPS) is 14.2. The van der Waals surface area contributed by atoms with Crippen LogP contribution in [-0.4, -0.2) is 39.7 Å². The topological polar surface area (TPSA) is 90.3 Å². The molecule has 1 aliphatic heterocycles. The lowest BCUT2D eigenvalue weighted by atomic mass is 10.1. The summed E-state index contributed by atoms with van der Waals surface area (Å²) in [5.74, 6) is 1.65. The molecule has 8 heteroatoms. The molecular weight excluding hydrogens is 422 g/mol. The Morgan fingerprint density at radius 1 is 1.22 bits per heavy atom. The van der Waals surface area contributed by atoms with Gasteiger partial charge in [0.05, 0.1) is 6.61 Å². The lowest BCUT2D eigenvalue weighted by molar-refractivity contribution is 0.136. The summed E-state index contributed by atoms with van der Waals surface area (Å²) in [5.41, 5.74) is 9.71. The summed E-state index contributed by atoms with van der Waals surface area (Å²) in [7, 11) is 0. The fourth-order valence-electron chi connectivity index (χ4n) is 4.19. The van der Waals surface area contributed by atoms with Gasteiger partial charge >= 0.3 is 0 Å². The second kappa shape index (κ2) is 8.97. The number of aryl methyl sites for hydroxylation is 1. The summed E-state index contributed by atoms with van der Waals surface area (Å²) < 4.78 is 10.7. The Bertz CT molecular complexity index is 1250. The minimum Gasteiger partial charge on any atom is -0.383 e. The zero-order valence-corrected chi connectivity index (χ0v) is 19.2. The van der Waals surface area contributed by atoms with Gasteiger partial charge in [0.25, 0.3) is 0 Å². The number of rotatable bonds is 7. The number of nitrogens with two attached hydrogens (primary N) is 1. The quantitative estimate of drug-likeness (QED) is 0.448. The average molecular weight is 450 g/mol. The number of hydrogen-bond donors (Lipinski definition) is 1. The predicted octanol–water partition coefficient (Wildman–Crippen LogP) is 4.37. The van der Waals surface area contributed by atoms with Crippen LogP contribution in [0.15, 0.2) is 34.9 Å². The van der Waals surface area contributed by atoms with Crippen LogP contribution in [-0.2, 0) is 30.7 Å². The summed E-state index contributed by atoms with van der Waals surface area (Å²) in [5, 5.41) is 5.99. The first-order chi connectivity index (χ1) is 15.6. The van der Waals surface area contributed by atoms with Crippen molar-refractivity contribution in [2.45, 2.75) is 39.8 Å². The number of anilines is 1. The van der Waals surface area contributed by atoms with E-state index in [1.165, 1.54) is 15.3 Å². The molecule has 4 heterocycles. The lowest BCUT2D eigenvalue weighted by Gasteiger charge is -2.26. The van der Waals surface area contributed by atoms with Crippen LogP contribution in [0.25, 0.3) is 22.2 Å². The van der Waals surface area contributed by atoms with Crippen molar-refractivity contribution in [1.29, 1.82) is 0 Å². The fourth-order valence-corrected chi connectivity index (χ4v) is 5.38. The lowest BCUT2D eigenvalue weighted by Crippen LogP contribution is -2.31. The Balaban J connectivity index is 1.27. The van der Waals surface area contributed by atoms with Crippen molar-refractivity contribution in [3.05, 3.63) is 57.2 Å². The highest BCUT2D eigenvalue weighted by Gasteiger charge is 2.19. The monoisotopic (exact) mass is 449 g/mol. The molecule has 4 aromatic rings. The first-order valence-electron chi connectivity index (χ1n) is 11.0. The van der Waals surface area contributed by atoms with Crippen molar-refractivity contribution in [3.63, 3.8) is 0 Å². The van der Waals surface area contributed by atoms with Gasteiger partial charge in [-0.15, -0.1) is 11.3 Å². The minimum absolute atomic E-state index is 0.541. The van der Waals surface area contributed by atoms with E-state index < -0.39 is 0 Å². The van der Waals surface area contributed by atoms with E-state index in [0.29, 0.717) is 17.5 Å². The summed E-state index contributed by atoms with van der Waals surface area (Å²) in [4.78, 5) is 14.3. The van der Waals surface area contributed by atoms with Crippen LogP contribution in [0.5, 0.6) is 0 Å². The van der Waals surface area contributed by atoms with Crippen molar-refractivity contribution in [2.75, 3.05) is 25.4 Å². The van der Waals surface area contributed by atoms with Crippen LogP contribution in [0.2, 0.25) is 0 Å². The van der Waals surface area contributed by atoms with E-state index >= 15 is 0 Å². The number of aromatic nitrogens is 3. The van der Waals surface area contributed by atoms with Crippen LogP contribution < -0.4 is 5.73 Å². The smallest absolute Gasteiger partial charge is 0.223 e. The second-order valence-electron chi connectivity index (χ2n) is 8.15. The molecule has 0 radical (unpaired) electrons. The first-order valence-corrected chi connectivity index (χ1v) is 11.8. The molecule has 0 bridgehead atoms. The maximum Gasteiger partial charge on any atom is 0.223 e. The van der Waals surface area contributed by atoms with Gasteiger partial charge < -0.3 is 15.0 Å². The number of pyridine rings is 1. The van der Waals surface area contributed by atoms with Gasteiger partial charge in [0, 0.05) is 66.0 Å². The van der Waals surface area contributed by atoms with E-state index in [1.54, 1.807) is 6.92 Å². The highest BCUT2D eigenvalue weighted by Crippen LogP contribution is 2.30. The molecule has 0 fully saturated rings. The van der Waals surface area contributed by atoms with Crippen molar-refractivity contribution < 1.29 is 9.26 Å². The van der Waals surface area contributed by atoms with Gasteiger partial charge in [-0.05, 0) is 42.5 Å². The molecule has 32 heavy (non-hydrogen) atoms. The van der Waals surface area contributed by atoms with E-state index in [2.05, 4.69) is 38.2 Å². The molecular formula is C24H27N5O2S. The van der Waals surface area contributed by atoms with Gasteiger partial charge in [0.2, 0.25) is 11.7 Å². The van der Waals surface area contributed by atoms with Gasteiger partial charge in [-0.25, -0.2) is 4.98 Å². The molecule has 0 saturated heterocycles. The zero-order valence-electron chi connectivity index (χ0n) is 18.4. The molecule has 7 nitrogen and oxygen atoms in total. The van der Waals surface area contributed by atoms with Crippen molar-refractivity contribution in [2.24, 2.45) is 0 Å². The Morgan fingerprint density at radius 2 is 2.12 bits per heavy atom. The Morgan fingerprint density at radius 3 is 2.94 bits per heavy atom. The van der Waals surface area contributed by atoms with Crippen molar-refractivity contribution >= 4 is 27.9 Å². The molecule has 0 amide bonds. The molecule has 5 rings (SSSR count). The van der Waals surface area contributed by atoms with E-state index in [-0.39, 0.29) is 0 Å². The molecule has 2 N–H and O–H groups in total. The maximum absolute atomic E-state index is 6.32. The van der Waals surface area contributed by atoms with E-state index in [1.807, 2.05) is 30.4 Å². The zero-order chi connectivity index (χ0) is 22.1. The van der Waals surface area contributed by atoms with Gasteiger partial charge in [0.15, 0.2) is 0 Å². The van der Waals surface area contributed by atoms with Crippen molar-refractivity contribution in [1.82, 2.24) is 20.0 Å². The highest BCUT2D eigenvalue weighted by molar-refractivity contribution is 7.12. The molecule has 1 aromatic carbocycles. The minimum atomic E-state index is 0.541. The van der Waals surface area contributed by atoms with Crippen LogP contribution in [0.1, 0.15) is 33.8 Å². The second-order valence-corrected chi connectivity index (χ2v) is 9.37. The molecule has 3 aromatic heterocycles.